The fraction of sp³-hybridized carbons (Fsp3) is 0.273. The van der Waals surface area contributed by atoms with Crippen molar-refractivity contribution in [3.8, 4) is 5.75 Å². The van der Waals surface area contributed by atoms with Gasteiger partial charge in [0.1, 0.15) is 5.75 Å². The van der Waals surface area contributed by atoms with Crippen LogP contribution in [0.25, 0.3) is 0 Å². The third kappa shape index (κ3) is 4.66. The highest BCUT2D eigenvalue weighted by Gasteiger charge is 2.35. The van der Waals surface area contributed by atoms with Gasteiger partial charge < -0.3 is 24.4 Å². The molecule has 1 fully saturated rings. The van der Waals surface area contributed by atoms with Gasteiger partial charge in [-0.3, -0.25) is 9.59 Å². The molecule has 9 heteroatoms. The van der Waals surface area contributed by atoms with Crippen molar-refractivity contribution in [1.82, 2.24) is 0 Å². The molecule has 3 rings (SSSR count). The summed E-state index contributed by atoms with van der Waals surface area (Å²) in [6.45, 7) is 0.182. The third-order valence-electron chi connectivity index (χ3n) is 4.98. The van der Waals surface area contributed by atoms with E-state index in [1.807, 2.05) is 0 Å². The van der Waals surface area contributed by atoms with Crippen molar-refractivity contribution in [3.05, 3.63) is 53.6 Å². The van der Waals surface area contributed by atoms with Crippen LogP contribution in [-0.4, -0.2) is 51.6 Å². The lowest BCUT2D eigenvalue weighted by atomic mass is 10.1. The van der Waals surface area contributed by atoms with Gasteiger partial charge in [-0.15, -0.1) is 0 Å². The van der Waals surface area contributed by atoms with Gasteiger partial charge in [0.2, 0.25) is 11.8 Å². The molecule has 0 aliphatic carbocycles. The topological polar surface area (TPSA) is 111 Å². The Morgan fingerprint density at radius 3 is 2.26 bits per heavy atom. The maximum Gasteiger partial charge on any atom is 0.339 e. The van der Waals surface area contributed by atoms with Crippen LogP contribution >= 0.6 is 0 Å². The fourth-order valence-electron chi connectivity index (χ4n) is 3.31. The number of anilines is 2. The summed E-state index contributed by atoms with van der Waals surface area (Å²) in [5.74, 6) is -1.91. The van der Waals surface area contributed by atoms with E-state index in [0.717, 1.165) is 0 Å². The Morgan fingerprint density at radius 1 is 0.968 bits per heavy atom. The highest BCUT2D eigenvalue weighted by Crippen LogP contribution is 2.28. The average molecular weight is 426 g/mol. The molecular weight excluding hydrogens is 404 g/mol. The van der Waals surface area contributed by atoms with Crippen LogP contribution < -0.4 is 15.0 Å². The van der Waals surface area contributed by atoms with Crippen LogP contribution in [0.4, 0.5) is 11.4 Å². The number of nitrogens with one attached hydrogen (secondary N) is 1. The summed E-state index contributed by atoms with van der Waals surface area (Å²) in [5, 5.41) is 2.65. The van der Waals surface area contributed by atoms with E-state index in [1.165, 1.54) is 37.3 Å². The number of carbonyl (C=O) groups is 4. The maximum absolute atomic E-state index is 12.9. The van der Waals surface area contributed by atoms with Gasteiger partial charge in [0, 0.05) is 18.7 Å². The second kappa shape index (κ2) is 9.29. The smallest absolute Gasteiger partial charge is 0.339 e. The molecule has 0 bridgehead atoms. The number of methoxy groups -OCH3 is 3. The lowest BCUT2D eigenvalue weighted by Crippen LogP contribution is -2.28. The number of nitrogens with zero attached hydrogens (tertiary/aromatic N) is 1. The molecule has 1 aliphatic rings. The van der Waals surface area contributed by atoms with Gasteiger partial charge in [0.15, 0.2) is 0 Å². The number of benzene rings is 2. The summed E-state index contributed by atoms with van der Waals surface area (Å²) in [5.41, 5.74) is 1.01. The summed E-state index contributed by atoms with van der Waals surface area (Å²) in [6, 6.07) is 11.1. The predicted octanol–water partition coefficient (Wildman–Crippen LogP) is 2.26. The Labute approximate surface area is 178 Å². The SMILES string of the molecule is COC(=O)c1ccc(C(=O)OC)c(NC(=O)[C@H]2CC(=O)N(c3ccc(OC)cc3)C2)c1. The summed E-state index contributed by atoms with van der Waals surface area (Å²) in [6.07, 6.45) is 0.0160. The Kier molecular flexibility index (Phi) is 6.54. The molecule has 0 radical (unpaired) electrons. The molecule has 1 atom stereocenters. The quantitative estimate of drug-likeness (QED) is 0.705. The number of ether oxygens (including phenoxy) is 3. The van der Waals surface area contributed by atoms with E-state index in [1.54, 1.807) is 31.4 Å². The lowest BCUT2D eigenvalue weighted by molar-refractivity contribution is -0.122. The zero-order valence-electron chi connectivity index (χ0n) is 17.3. The molecule has 1 saturated heterocycles. The van der Waals surface area contributed by atoms with Crippen molar-refractivity contribution in [2.75, 3.05) is 38.1 Å². The van der Waals surface area contributed by atoms with Gasteiger partial charge in [0.25, 0.3) is 0 Å². The minimum Gasteiger partial charge on any atom is -0.497 e. The molecule has 0 unspecified atom stereocenters. The molecule has 0 saturated carbocycles. The minimum atomic E-state index is -0.672. The summed E-state index contributed by atoms with van der Waals surface area (Å²) in [7, 11) is 3.99. The van der Waals surface area contributed by atoms with Crippen molar-refractivity contribution in [3.63, 3.8) is 0 Å². The predicted molar refractivity (Wildman–Crippen MR) is 111 cm³/mol. The molecule has 162 valence electrons. The lowest BCUT2D eigenvalue weighted by Gasteiger charge is -2.17. The Hall–Kier alpha value is -3.88. The first-order valence-corrected chi connectivity index (χ1v) is 9.44. The molecule has 0 aromatic heterocycles. The normalized spacial score (nSPS) is 15.4. The van der Waals surface area contributed by atoms with Gasteiger partial charge in [-0.1, -0.05) is 0 Å². The first-order chi connectivity index (χ1) is 14.9. The van der Waals surface area contributed by atoms with Crippen molar-refractivity contribution in [2.45, 2.75) is 6.42 Å². The van der Waals surface area contributed by atoms with Crippen LogP contribution in [0.5, 0.6) is 5.75 Å². The molecule has 1 aliphatic heterocycles. The van der Waals surface area contributed by atoms with E-state index >= 15 is 0 Å². The molecular formula is C22H22N2O7. The number of carbonyl (C=O) groups excluding carboxylic acids is 4. The van der Waals surface area contributed by atoms with Crippen molar-refractivity contribution in [1.29, 1.82) is 0 Å². The van der Waals surface area contributed by atoms with Gasteiger partial charge in [-0.2, -0.15) is 0 Å². The van der Waals surface area contributed by atoms with E-state index in [9.17, 15) is 19.2 Å². The van der Waals surface area contributed by atoms with E-state index in [4.69, 9.17) is 9.47 Å². The van der Waals surface area contributed by atoms with Crippen LogP contribution in [0.15, 0.2) is 42.5 Å². The summed E-state index contributed by atoms with van der Waals surface area (Å²) in [4.78, 5) is 50.8. The molecule has 1 N–H and O–H groups in total. The number of hydrogen-bond donors (Lipinski definition) is 1. The zero-order valence-corrected chi connectivity index (χ0v) is 17.3. The van der Waals surface area contributed by atoms with Crippen LogP contribution in [0.2, 0.25) is 0 Å². The highest BCUT2D eigenvalue weighted by molar-refractivity contribution is 6.07. The third-order valence-corrected chi connectivity index (χ3v) is 4.98. The highest BCUT2D eigenvalue weighted by atomic mass is 16.5. The number of rotatable bonds is 6. The number of esters is 2. The Balaban J connectivity index is 1.79. The zero-order chi connectivity index (χ0) is 22.5. The van der Waals surface area contributed by atoms with E-state index in [2.05, 4.69) is 10.1 Å². The van der Waals surface area contributed by atoms with Crippen LogP contribution in [-0.2, 0) is 19.1 Å². The van der Waals surface area contributed by atoms with Gasteiger partial charge >= 0.3 is 11.9 Å². The Morgan fingerprint density at radius 2 is 1.65 bits per heavy atom. The van der Waals surface area contributed by atoms with Crippen LogP contribution in [0, 0.1) is 5.92 Å². The van der Waals surface area contributed by atoms with Gasteiger partial charge in [0.05, 0.1) is 44.1 Å². The van der Waals surface area contributed by atoms with E-state index in [-0.39, 0.29) is 35.7 Å². The molecule has 9 nitrogen and oxygen atoms in total. The Bertz CT molecular complexity index is 1020. The van der Waals surface area contributed by atoms with Gasteiger partial charge in [-0.05, 0) is 42.5 Å². The molecule has 2 amide bonds. The maximum atomic E-state index is 12.9. The fourth-order valence-corrected chi connectivity index (χ4v) is 3.31. The molecule has 2 aromatic rings. The first-order valence-electron chi connectivity index (χ1n) is 9.44. The monoisotopic (exact) mass is 426 g/mol. The van der Waals surface area contributed by atoms with Crippen LogP contribution in [0.1, 0.15) is 27.1 Å². The standard InChI is InChI=1S/C22H22N2O7/c1-29-16-7-5-15(6-8-16)24-12-14(11-19(24)25)20(26)23-18-10-13(21(27)30-2)4-9-17(18)22(28)31-3/h4-10,14H,11-12H2,1-3H3,(H,23,26)/t14-/m0/s1. The largest absolute Gasteiger partial charge is 0.497 e. The number of amides is 2. The molecule has 2 aromatic carbocycles. The van der Waals surface area contributed by atoms with Crippen LogP contribution in [0.3, 0.4) is 0 Å². The molecule has 0 spiro atoms. The molecule has 1 heterocycles. The second-order valence-electron chi connectivity index (χ2n) is 6.84. The summed E-state index contributed by atoms with van der Waals surface area (Å²) < 4.78 is 14.6. The average Bonchev–Trinajstić information content (AvgIpc) is 3.19. The summed E-state index contributed by atoms with van der Waals surface area (Å²) >= 11 is 0. The minimum absolute atomic E-state index is 0.0160. The van der Waals surface area contributed by atoms with Crippen molar-refractivity contribution >= 4 is 35.1 Å². The van der Waals surface area contributed by atoms with Crippen molar-refractivity contribution in [2.24, 2.45) is 5.92 Å². The first kappa shape index (κ1) is 21.8. The van der Waals surface area contributed by atoms with E-state index < -0.39 is 23.8 Å². The van der Waals surface area contributed by atoms with Crippen molar-refractivity contribution < 1.29 is 33.4 Å². The number of hydrogen-bond acceptors (Lipinski definition) is 7. The second-order valence-corrected chi connectivity index (χ2v) is 6.84. The van der Waals surface area contributed by atoms with Gasteiger partial charge in [-0.25, -0.2) is 9.59 Å². The molecule has 31 heavy (non-hydrogen) atoms. The van der Waals surface area contributed by atoms with E-state index in [0.29, 0.717) is 11.4 Å².